The molecule has 0 saturated carbocycles. The van der Waals surface area contributed by atoms with Gasteiger partial charge >= 0.3 is 6.09 Å². The average molecular weight is 1410 g/mol. The minimum Gasteiger partial charge on any atom is -0.492 e. The number of likely N-dealkylation sites (N-methyl/N-ethyl adjacent to an activating group) is 1. The number of alkyl carbamates (subject to hydrolysis) is 1. The fraction of sp³-hybridized carbons (Fsp3) is 0.649. The van der Waals surface area contributed by atoms with Gasteiger partial charge in [0.25, 0.3) is 0 Å². The normalized spacial score (nSPS) is 34.6. The van der Waals surface area contributed by atoms with E-state index in [0.717, 1.165) is 18.9 Å². The number of allylic oxidation sites excluding steroid dienone is 3. The van der Waals surface area contributed by atoms with E-state index in [9.17, 15) is 44.7 Å². The summed E-state index contributed by atoms with van der Waals surface area (Å²) in [6, 6.07) is -1.62. The molecule has 0 aromatic heterocycles. The predicted octanol–water partition coefficient (Wildman–Crippen LogP) is 3.46. The van der Waals surface area contributed by atoms with E-state index in [-0.39, 0.29) is 65.0 Å². The van der Waals surface area contributed by atoms with Crippen LogP contribution in [0.3, 0.4) is 0 Å². The molecule has 4 aliphatic heterocycles. The minimum absolute atomic E-state index is 0.0116. The van der Waals surface area contributed by atoms with Crippen molar-refractivity contribution in [3.63, 3.8) is 0 Å². The van der Waals surface area contributed by atoms with Crippen molar-refractivity contribution in [3.8, 4) is 40.9 Å². The number of rotatable bonds is 22. The van der Waals surface area contributed by atoms with Gasteiger partial charge in [0.05, 0.1) is 97.0 Å². The molecule has 7 rings (SSSR count). The second-order valence-corrected chi connectivity index (χ2v) is 27.4. The Morgan fingerprint density at radius 1 is 0.885 bits per heavy atom. The van der Waals surface area contributed by atoms with Crippen LogP contribution in [-0.2, 0) is 57.1 Å². The molecule has 2 amide bonds. The SMILES string of the molecule is CCN(C(C)=O)[C@H]1CO[C@@H](O[C@H]2[C@H](O[C@H]3C#CC=CC#C[C@]4(O)CC(=O)C(NC(=O)OC)=C3C4=CCSSSC)O[C@H](C)[C@@H](NO[C@H]3C[C@H](O)[C@H](SC(=O)c4c(C)c(I)c(O[C@@H]5O[C@@H](C)[C@H](O)[C@@H](OC)[C@H]5O)c(OC)c4OC)[C@@H](C)O3)[C@@H]2O)C[C@@H]1OC. The number of amides is 2. The van der Waals surface area contributed by atoms with Crippen LogP contribution in [0.5, 0.6) is 17.2 Å². The molecule has 7 N–H and O–H groups in total. The summed E-state index contributed by atoms with van der Waals surface area (Å²) in [6.45, 7) is 10.2. The lowest BCUT2D eigenvalue weighted by Gasteiger charge is -2.47. The molecule has 4 heterocycles. The maximum absolute atomic E-state index is 14.5. The van der Waals surface area contributed by atoms with E-state index in [1.807, 2.05) is 35.8 Å². The number of methoxy groups -OCH3 is 5. The number of carbonyl (C=O) groups is 4. The third-order valence-electron chi connectivity index (χ3n) is 15.4. The quantitative estimate of drug-likeness (QED) is 0.0287. The van der Waals surface area contributed by atoms with Gasteiger partial charge in [-0.25, -0.2) is 4.79 Å². The maximum Gasteiger partial charge on any atom is 0.411 e. The number of nitrogens with one attached hydrogen (secondary N) is 2. The van der Waals surface area contributed by atoms with Gasteiger partial charge in [0.2, 0.25) is 23.1 Å². The third-order valence-corrected chi connectivity index (χ3v) is 21.8. The zero-order valence-corrected chi connectivity index (χ0v) is 55.4. The van der Waals surface area contributed by atoms with Crippen LogP contribution in [0.15, 0.2) is 35.1 Å². The Morgan fingerprint density at radius 2 is 1.60 bits per heavy atom. The van der Waals surface area contributed by atoms with Crippen LogP contribution in [0.4, 0.5) is 4.79 Å². The number of aliphatic hydroxyl groups is 5. The van der Waals surface area contributed by atoms with E-state index in [1.54, 1.807) is 38.7 Å². The number of hydrogen-bond donors (Lipinski definition) is 7. The van der Waals surface area contributed by atoms with Gasteiger partial charge in [-0.15, -0.1) is 0 Å². The highest BCUT2D eigenvalue weighted by molar-refractivity contribution is 14.1. The van der Waals surface area contributed by atoms with Gasteiger partial charge in [0, 0.05) is 57.4 Å². The second-order valence-electron chi connectivity index (χ2n) is 20.8. The van der Waals surface area contributed by atoms with Crippen molar-refractivity contribution < 1.29 is 106 Å². The molecule has 2 bridgehead atoms. The fourth-order valence-electron chi connectivity index (χ4n) is 11.0. The summed E-state index contributed by atoms with van der Waals surface area (Å²) in [5, 5.41) is 59.4. The number of benzene rings is 1. The lowest BCUT2D eigenvalue weighted by molar-refractivity contribution is -0.337. The van der Waals surface area contributed by atoms with E-state index < -0.39 is 139 Å². The van der Waals surface area contributed by atoms with Crippen LogP contribution < -0.4 is 25.0 Å². The highest BCUT2D eigenvalue weighted by Crippen LogP contribution is 2.49. The van der Waals surface area contributed by atoms with Crippen molar-refractivity contribution in [1.82, 2.24) is 15.7 Å². The summed E-state index contributed by atoms with van der Waals surface area (Å²) in [7, 11) is 11.1. The number of hydrogen-bond acceptors (Lipinski definition) is 27. The van der Waals surface area contributed by atoms with E-state index in [0.29, 0.717) is 21.4 Å². The fourth-order valence-corrected chi connectivity index (χ4v) is 15.2. The van der Waals surface area contributed by atoms with Crippen molar-refractivity contribution in [1.29, 1.82) is 0 Å². The molecule has 87 heavy (non-hydrogen) atoms. The number of ether oxygens (including phenoxy) is 12. The lowest BCUT2D eigenvalue weighted by Crippen LogP contribution is -2.65. The molecular weight excluding hydrogens is 1330 g/mol. The third kappa shape index (κ3) is 16.3. The predicted molar refractivity (Wildman–Crippen MR) is 329 cm³/mol. The molecule has 25 nitrogen and oxygen atoms in total. The van der Waals surface area contributed by atoms with Crippen molar-refractivity contribution in [2.45, 2.75) is 176 Å². The monoisotopic (exact) mass is 1410 g/mol. The van der Waals surface area contributed by atoms with Crippen LogP contribution >= 0.6 is 65.8 Å². The van der Waals surface area contributed by atoms with Crippen LogP contribution in [0.25, 0.3) is 0 Å². The number of fused-ring (bicyclic) bond motifs is 2. The largest absolute Gasteiger partial charge is 0.492 e. The van der Waals surface area contributed by atoms with Crippen molar-refractivity contribution >= 4 is 88.7 Å². The molecule has 4 fully saturated rings. The van der Waals surface area contributed by atoms with E-state index in [4.69, 9.17) is 61.7 Å². The Hall–Kier alpha value is -3.43. The molecule has 0 radical (unpaired) electrons. The molecule has 1 aromatic rings. The van der Waals surface area contributed by atoms with Crippen LogP contribution in [0, 0.1) is 34.2 Å². The summed E-state index contributed by atoms with van der Waals surface area (Å²) >= 11 is 2.80. The zero-order chi connectivity index (χ0) is 63.6. The molecule has 2 aliphatic carbocycles. The first kappa shape index (κ1) is 71.0. The Bertz CT molecular complexity index is 2860. The zero-order valence-electron chi connectivity index (χ0n) is 50.0. The van der Waals surface area contributed by atoms with Gasteiger partial charge in [-0.1, -0.05) is 63.1 Å². The van der Waals surface area contributed by atoms with E-state index in [1.165, 1.54) is 78.9 Å². The summed E-state index contributed by atoms with van der Waals surface area (Å²) in [6.07, 6.45) is -12.9. The summed E-state index contributed by atoms with van der Waals surface area (Å²) in [5.41, 5.74) is 1.15. The van der Waals surface area contributed by atoms with Crippen molar-refractivity contribution in [2.24, 2.45) is 0 Å². The highest BCUT2D eigenvalue weighted by Gasteiger charge is 2.52. The Morgan fingerprint density at radius 3 is 2.24 bits per heavy atom. The Labute approximate surface area is 534 Å². The summed E-state index contributed by atoms with van der Waals surface area (Å²) in [4.78, 5) is 62.0. The first-order valence-corrected chi connectivity index (χ1v) is 33.8. The molecule has 482 valence electrons. The maximum atomic E-state index is 14.5. The van der Waals surface area contributed by atoms with Gasteiger partial charge in [-0.05, 0) is 91.0 Å². The van der Waals surface area contributed by atoms with Crippen LogP contribution in [0.1, 0.15) is 69.8 Å². The van der Waals surface area contributed by atoms with Gasteiger partial charge in [-0.2, -0.15) is 5.48 Å². The van der Waals surface area contributed by atoms with Crippen LogP contribution in [-0.4, -0.2) is 229 Å². The van der Waals surface area contributed by atoms with Gasteiger partial charge < -0.3 is 87.3 Å². The van der Waals surface area contributed by atoms with Gasteiger partial charge in [0.1, 0.15) is 36.6 Å². The summed E-state index contributed by atoms with van der Waals surface area (Å²) in [5.74, 6) is 11.0. The molecule has 4 saturated heterocycles. The molecule has 0 spiro atoms. The first-order chi connectivity index (χ1) is 41.5. The number of aliphatic hydroxyl groups excluding tert-OH is 4. The number of carbonyl (C=O) groups excluding carboxylic acids is 4. The van der Waals surface area contributed by atoms with Crippen molar-refractivity contribution in [3.05, 3.63) is 49.8 Å². The highest BCUT2D eigenvalue weighted by atomic mass is 127. The molecular formula is C57H76IN3O22S4. The molecule has 30 heteroatoms. The van der Waals surface area contributed by atoms with E-state index >= 15 is 0 Å². The molecule has 0 unspecified atom stereocenters. The number of halogens is 1. The lowest BCUT2D eigenvalue weighted by atomic mass is 9.75. The second kappa shape index (κ2) is 32.2. The van der Waals surface area contributed by atoms with Gasteiger partial charge in [-0.3, -0.25) is 24.5 Å². The topological polar surface area (TPSA) is 317 Å². The number of ketones is 1. The standard InChI is InChI=1S/C57H76IN3O22S4/c1-13-61(30(6)62)32-25-76-37(23-36(32)71-7)81-50-45(66)42(27(3)78-55(50)80-35-18-16-14-15-17-20-57(70)24-34(64)43(59-56(69)75-11)40(35)31(57)19-21-85-87-84-12)60-83-38-22-33(63)52(29(5)77-38)86-53(68)39-26(2)41(58)48(51(74-10)47(39)72-8)82-54-46(67)49(73-9)44(65)28(4)79-54/h14-15,19,27-29,32-33,35-38,42,44-46,49-50,52,54-55,60,63,65-67,70H,13,21-25H2,1-12H3,(H,59,69)/t27-,28+,29-,32+,33+,35+,36+,37+,38+,42-,44+,45+,46-,49-,50-,52-,54+,55+,57+/m1/s1. The number of hydroxylamine groups is 1. The van der Waals surface area contributed by atoms with Crippen LogP contribution in [0.2, 0.25) is 0 Å². The smallest absolute Gasteiger partial charge is 0.411 e. The molecule has 1 aromatic carbocycles. The number of nitrogens with zero attached hydrogens (tertiary/aromatic N) is 1. The first-order valence-electron chi connectivity index (χ1n) is 27.7. The Kier molecular flexibility index (Phi) is 26.3. The minimum atomic E-state index is -2.08. The average Bonchev–Trinajstić information content (AvgIpc) is 1.63. The molecule has 6 aliphatic rings. The van der Waals surface area contributed by atoms with Gasteiger partial charge in [0.15, 0.2) is 41.8 Å². The van der Waals surface area contributed by atoms with E-state index in [2.05, 4.69) is 34.5 Å². The summed E-state index contributed by atoms with van der Waals surface area (Å²) < 4.78 is 72.7. The number of Topliss-reactive ketones (excluding diaryl/α,β-unsaturated/α-hetero) is 1. The van der Waals surface area contributed by atoms with Crippen molar-refractivity contribution in [2.75, 3.05) is 60.7 Å². The molecule has 19 atom stereocenters. The number of thioether (sulfide) groups is 1. The Balaban J connectivity index is 1.14.